The summed E-state index contributed by atoms with van der Waals surface area (Å²) in [7, 11) is -3.36. The lowest BCUT2D eigenvalue weighted by Gasteiger charge is -2.53. The predicted octanol–water partition coefficient (Wildman–Crippen LogP) is 3.25. The molecule has 36 heavy (non-hydrogen) atoms. The number of sulfonamides is 1. The van der Waals surface area contributed by atoms with Crippen LogP contribution in [0, 0.1) is 5.41 Å². The highest BCUT2D eigenvalue weighted by Crippen LogP contribution is 2.42. The zero-order valence-corrected chi connectivity index (χ0v) is 20.6. The highest BCUT2D eigenvalue weighted by molar-refractivity contribution is 7.92. The predicted molar refractivity (Wildman–Crippen MR) is 141 cm³/mol. The minimum absolute atomic E-state index is 0.000907. The highest BCUT2D eigenvalue weighted by Gasteiger charge is 2.48. The lowest BCUT2D eigenvalue weighted by Crippen LogP contribution is -2.62. The van der Waals surface area contributed by atoms with E-state index in [0.29, 0.717) is 24.7 Å². The molecule has 0 bridgehead atoms. The van der Waals surface area contributed by atoms with Gasteiger partial charge in [0.2, 0.25) is 10.0 Å². The highest BCUT2D eigenvalue weighted by atomic mass is 32.2. The van der Waals surface area contributed by atoms with Crippen molar-refractivity contribution in [3.05, 3.63) is 72.8 Å². The minimum atomic E-state index is -3.36. The maximum absolute atomic E-state index is 12.1. The normalized spacial score (nSPS) is 17.8. The van der Waals surface area contributed by atoms with Gasteiger partial charge < -0.3 is 10.7 Å². The van der Waals surface area contributed by atoms with Crippen LogP contribution in [0.25, 0.3) is 33.8 Å². The summed E-state index contributed by atoms with van der Waals surface area (Å²) < 4.78 is 27.9. The van der Waals surface area contributed by atoms with Crippen molar-refractivity contribution >= 4 is 27.0 Å². The van der Waals surface area contributed by atoms with E-state index in [4.69, 9.17) is 15.7 Å². The number of imidazole rings is 1. The van der Waals surface area contributed by atoms with Crippen molar-refractivity contribution in [2.75, 3.05) is 36.9 Å². The first-order chi connectivity index (χ1) is 17.4. The molecule has 184 valence electrons. The van der Waals surface area contributed by atoms with Crippen LogP contribution in [0.4, 0.5) is 5.82 Å². The van der Waals surface area contributed by atoms with Crippen molar-refractivity contribution in [1.82, 2.24) is 23.9 Å². The first kappa shape index (κ1) is 22.7. The van der Waals surface area contributed by atoms with E-state index in [0.717, 1.165) is 59.3 Å². The van der Waals surface area contributed by atoms with E-state index >= 15 is 0 Å². The van der Waals surface area contributed by atoms with Gasteiger partial charge in [-0.1, -0.05) is 36.9 Å². The molecule has 0 saturated carbocycles. The Balaban J connectivity index is 1.38. The van der Waals surface area contributed by atoms with E-state index in [2.05, 4.69) is 21.2 Å². The molecule has 0 unspecified atom stereocenters. The third kappa shape index (κ3) is 3.73. The van der Waals surface area contributed by atoms with Gasteiger partial charge in [-0.05, 0) is 37.1 Å². The van der Waals surface area contributed by atoms with E-state index in [1.165, 1.54) is 4.31 Å². The third-order valence-electron chi connectivity index (χ3n) is 7.31. The van der Waals surface area contributed by atoms with Crippen LogP contribution in [0.2, 0.25) is 0 Å². The summed E-state index contributed by atoms with van der Waals surface area (Å²) in [6.07, 6.45) is 3.41. The monoisotopic (exact) mass is 501 g/mol. The number of nitrogens with zero attached hydrogens (tertiary/aromatic N) is 6. The molecule has 0 amide bonds. The van der Waals surface area contributed by atoms with E-state index in [1.807, 2.05) is 54.6 Å². The molecular weight excluding hydrogens is 474 g/mol. The molecule has 2 aliphatic heterocycles. The van der Waals surface area contributed by atoms with Gasteiger partial charge in [0.25, 0.3) is 0 Å². The van der Waals surface area contributed by atoms with Crippen LogP contribution in [-0.2, 0) is 10.0 Å². The molecule has 3 aromatic heterocycles. The Bertz CT molecular complexity index is 1550. The van der Waals surface area contributed by atoms with Gasteiger partial charge in [-0.25, -0.2) is 28.0 Å². The molecule has 10 heteroatoms. The average Bonchev–Trinajstić information content (AvgIpc) is 3.26. The van der Waals surface area contributed by atoms with E-state index < -0.39 is 10.0 Å². The van der Waals surface area contributed by atoms with Crippen molar-refractivity contribution in [3.63, 3.8) is 0 Å². The number of nitrogens with two attached hydrogens (primary N) is 1. The van der Waals surface area contributed by atoms with Crippen molar-refractivity contribution in [3.8, 4) is 22.6 Å². The van der Waals surface area contributed by atoms with Crippen LogP contribution in [-0.4, -0.2) is 58.5 Å². The molecule has 6 rings (SSSR count). The van der Waals surface area contributed by atoms with Gasteiger partial charge in [0.1, 0.15) is 11.3 Å². The molecule has 2 N–H and O–H groups in total. The molecule has 9 nitrogen and oxygen atoms in total. The Hall–Kier alpha value is -3.76. The standard InChI is InChI=1S/C26H27N7O2S/c1-2-36(34,35)32-17-26(18-32)12-15-31(16-13-26)33-24(20-9-6-14-28-23(20)27)30-22-11-10-21(29-25(22)33)19-7-4-3-5-8-19/h2-11,14H,1,12-13,15-18H2,(H2,27,28). The Morgan fingerprint density at radius 2 is 1.72 bits per heavy atom. The molecule has 0 aliphatic carbocycles. The first-order valence-electron chi connectivity index (χ1n) is 11.9. The van der Waals surface area contributed by atoms with Gasteiger partial charge in [0.05, 0.1) is 11.3 Å². The number of benzene rings is 1. The van der Waals surface area contributed by atoms with E-state index in [-0.39, 0.29) is 5.41 Å². The molecular formula is C26H27N7O2S. The van der Waals surface area contributed by atoms with Crippen LogP contribution in [0.5, 0.6) is 0 Å². The van der Waals surface area contributed by atoms with Gasteiger partial charge in [-0.3, -0.25) is 0 Å². The summed E-state index contributed by atoms with van der Waals surface area (Å²) in [5, 5.41) is 3.28. The summed E-state index contributed by atoms with van der Waals surface area (Å²) in [6, 6.07) is 17.8. The SMILES string of the molecule is C=CS(=O)(=O)N1CC2(CCN(n3c(-c4cccnc4N)nc4ccc(-c5ccccc5)nc43)CC2)C1. The maximum atomic E-state index is 12.1. The first-order valence-corrected chi connectivity index (χ1v) is 13.4. The Morgan fingerprint density at radius 3 is 2.42 bits per heavy atom. The van der Waals surface area contributed by atoms with E-state index in [1.54, 1.807) is 6.20 Å². The Morgan fingerprint density at radius 1 is 0.972 bits per heavy atom. The summed E-state index contributed by atoms with van der Waals surface area (Å²) >= 11 is 0. The second-order valence-corrected chi connectivity index (χ2v) is 11.4. The number of hydrogen-bond donors (Lipinski definition) is 1. The fourth-order valence-electron chi connectivity index (χ4n) is 5.24. The number of hydrogen-bond acceptors (Lipinski definition) is 7. The molecule has 5 heterocycles. The Labute approximate surface area is 209 Å². The fourth-order valence-corrected chi connectivity index (χ4v) is 6.36. The molecule has 2 aliphatic rings. The van der Waals surface area contributed by atoms with Crippen LogP contribution < -0.4 is 10.7 Å². The molecule has 1 spiro atoms. The topological polar surface area (TPSA) is 110 Å². The van der Waals surface area contributed by atoms with E-state index in [9.17, 15) is 8.42 Å². The number of piperidine rings is 1. The smallest absolute Gasteiger partial charge is 0.235 e. The molecule has 4 aromatic rings. The maximum Gasteiger partial charge on any atom is 0.235 e. The van der Waals surface area contributed by atoms with Crippen LogP contribution in [0.1, 0.15) is 12.8 Å². The largest absolute Gasteiger partial charge is 0.383 e. The van der Waals surface area contributed by atoms with Crippen molar-refractivity contribution in [2.24, 2.45) is 5.41 Å². The van der Waals surface area contributed by atoms with Gasteiger partial charge >= 0.3 is 0 Å². The lowest BCUT2D eigenvalue weighted by molar-refractivity contribution is 0.0401. The third-order valence-corrected chi connectivity index (χ3v) is 8.71. The second kappa shape index (κ2) is 8.42. The van der Waals surface area contributed by atoms with Crippen molar-refractivity contribution in [1.29, 1.82) is 0 Å². The fraction of sp³-hybridized carbons (Fsp3) is 0.269. The Kier molecular flexibility index (Phi) is 5.31. The number of pyridine rings is 2. The summed E-state index contributed by atoms with van der Waals surface area (Å²) in [5.41, 5.74) is 10.5. The summed E-state index contributed by atoms with van der Waals surface area (Å²) in [5.74, 6) is 1.11. The van der Waals surface area contributed by atoms with Crippen LogP contribution >= 0.6 is 0 Å². The van der Waals surface area contributed by atoms with Crippen LogP contribution in [0.3, 0.4) is 0 Å². The second-order valence-electron chi connectivity index (χ2n) is 9.52. The zero-order valence-electron chi connectivity index (χ0n) is 19.8. The van der Waals surface area contributed by atoms with Crippen molar-refractivity contribution in [2.45, 2.75) is 12.8 Å². The van der Waals surface area contributed by atoms with Crippen molar-refractivity contribution < 1.29 is 8.42 Å². The lowest BCUT2D eigenvalue weighted by atomic mass is 9.74. The number of fused-ring (bicyclic) bond motifs is 1. The van der Waals surface area contributed by atoms with Gasteiger partial charge in [0.15, 0.2) is 11.5 Å². The quantitative estimate of drug-likeness (QED) is 0.447. The molecule has 2 fully saturated rings. The van der Waals surface area contributed by atoms with Gasteiger partial charge in [-0.2, -0.15) is 4.31 Å². The minimum Gasteiger partial charge on any atom is -0.383 e. The molecule has 0 atom stereocenters. The van der Waals surface area contributed by atoms with Crippen LogP contribution in [0.15, 0.2) is 72.8 Å². The molecule has 1 aromatic carbocycles. The molecule has 0 radical (unpaired) electrons. The number of rotatable bonds is 5. The number of nitrogen functional groups attached to an aromatic ring is 1. The molecule has 2 saturated heterocycles. The average molecular weight is 502 g/mol. The van der Waals surface area contributed by atoms with Gasteiger partial charge in [-0.15, -0.1) is 0 Å². The zero-order chi connectivity index (χ0) is 24.9. The van der Waals surface area contributed by atoms with Gasteiger partial charge in [0, 0.05) is 48.8 Å². The summed E-state index contributed by atoms with van der Waals surface area (Å²) in [6.45, 7) is 6.02. The summed E-state index contributed by atoms with van der Waals surface area (Å²) in [4.78, 5) is 14.2. The number of anilines is 1. The number of aromatic nitrogens is 4.